The van der Waals surface area contributed by atoms with Crippen molar-refractivity contribution in [2.24, 2.45) is 11.8 Å². The van der Waals surface area contributed by atoms with Crippen molar-refractivity contribution in [3.05, 3.63) is 0 Å². The van der Waals surface area contributed by atoms with Gasteiger partial charge >= 0.3 is 11.9 Å². The second kappa shape index (κ2) is 46.9. The van der Waals surface area contributed by atoms with E-state index in [1.54, 1.807) is 0 Å². The smallest absolute Gasteiger partial charge is 0.313 e. The van der Waals surface area contributed by atoms with Crippen LogP contribution in [0.3, 0.4) is 0 Å². The zero-order valence-corrected chi connectivity index (χ0v) is 40.1. The third-order valence-electron chi connectivity index (χ3n) is 12.7. The Hall–Kier alpha value is -1.19. The van der Waals surface area contributed by atoms with Crippen LogP contribution in [0.15, 0.2) is 0 Å². The van der Waals surface area contributed by atoms with Crippen LogP contribution in [0.25, 0.3) is 0 Å². The summed E-state index contributed by atoms with van der Waals surface area (Å²) < 4.78 is 5.08. The molecule has 0 saturated carbocycles. The van der Waals surface area contributed by atoms with Gasteiger partial charge in [-0.15, -0.1) is 0 Å². The minimum Gasteiger partial charge on any atom is -0.393 e. The average Bonchev–Trinajstić information content (AvgIpc) is 3.20. The normalized spacial score (nSPS) is 12.1. The molecule has 58 heavy (non-hydrogen) atoms. The predicted octanol–water partition coefficient (Wildman–Crippen LogP) is 18.5. The molecule has 0 aliphatic rings. The molecule has 0 aromatic heterocycles. The van der Waals surface area contributed by atoms with Crippen LogP contribution in [0.5, 0.6) is 0 Å². The third-order valence-corrected chi connectivity index (χ3v) is 12.7. The van der Waals surface area contributed by atoms with Gasteiger partial charge in [-0.05, 0) is 38.0 Å². The van der Waals surface area contributed by atoms with Gasteiger partial charge in [0.15, 0.2) is 0 Å². The van der Waals surface area contributed by atoms with Gasteiger partial charge in [0, 0.05) is 25.2 Å². The Labute approximate surface area is 364 Å². The van der Waals surface area contributed by atoms with Crippen LogP contribution in [-0.2, 0) is 19.1 Å². The fourth-order valence-corrected chi connectivity index (χ4v) is 8.70. The molecule has 4 heteroatoms. The van der Waals surface area contributed by atoms with E-state index in [1.165, 1.54) is 218 Å². The summed E-state index contributed by atoms with van der Waals surface area (Å²) in [6.45, 7) is 9.19. The SMILES string of the molecule is CCCCCCCCCCCCCCCCCC(=O)C(CCCCCC)CCCCCCCCCCC(=O)OC(=O)CCCCCCCCCCCCCCC(C)C. The number of hydrogen-bond acceptors (Lipinski definition) is 4. The Morgan fingerprint density at radius 2 is 0.552 bits per heavy atom. The van der Waals surface area contributed by atoms with Crippen LogP contribution in [0.1, 0.15) is 317 Å². The summed E-state index contributed by atoms with van der Waals surface area (Å²) in [5, 5.41) is 0. The number of carbonyl (C=O) groups is 3. The molecule has 0 aliphatic carbocycles. The van der Waals surface area contributed by atoms with Crippen LogP contribution in [0.2, 0.25) is 0 Å². The van der Waals surface area contributed by atoms with Gasteiger partial charge in [-0.3, -0.25) is 14.4 Å². The number of ketones is 1. The van der Waals surface area contributed by atoms with E-state index in [4.69, 9.17) is 4.74 Å². The number of rotatable bonds is 48. The molecule has 0 spiro atoms. The zero-order valence-electron chi connectivity index (χ0n) is 40.1. The minimum atomic E-state index is -0.344. The maximum atomic E-state index is 13.2. The first-order valence-electron chi connectivity index (χ1n) is 26.7. The van der Waals surface area contributed by atoms with Crippen molar-refractivity contribution >= 4 is 17.7 Å². The molecule has 0 radical (unpaired) electrons. The molecule has 0 amide bonds. The number of Topliss-reactive ketones (excluding diaryl/α,β-unsaturated/α-hetero) is 1. The number of unbranched alkanes of at least 4 members (excludes halogenated alkanes) is 35. The summed E-state index contributed by atoms with van der Waals surface area (Å²) in [7, 11) is 0. The van der Waals surface area contributed by atoms with Gasteiger partial charge in [0.25, 0.3) is 0 Å². The van der Waals surface area contributed by atoms with E-state index in [1.807, 2.05) is 0 Å². The highest BCUT2D eigenvalue weighted by atomic mass is 16.6. The first kappa shape index (κ1) is 56.8. The lowest BCUT2D eigenvalue weighted by atomic mass is 9.88. The van der Waals surface area contributed by atoms with Crippen LogP contribution in [0.4, 0.5) is 0 Å². The van der Waals surface area contributed by atoms with Gasteiger partial charge in [0.05, 0.1) is 0 Å². The summed E-state index contributed by atoms with van der Waals surface area (Å²) in [5.41, 5.74) is 0. The van der Waals surface area contributed by atoms with Crippen molar-refractivity contribution < 1.29 is 19.1 Å². The summed E-state index contributed by atoms with van der Waals surface area (Å²) >= 11 is 0. The molecule has 0 N–H and O–H groups in total. The fraction of sp³-hybridized carbons (Fsp3) is 0.944. The van der Waals surface area contributed by atoms with Crippen molar-refractivity contribution in [1.82, 2.24) is 0 Å². The zero-order chi connectivity index (χ0) is 42.4. The van der Waals surface area contributed by atoms with E-state index < -0.39 is 0 Å². The highest BCUT2D eigenvalue weighted by molar-refractivity contribution is 5.85. The van der Waals surface area contributed by atoms with Gasteiger partial charge in [0.1, 0.15) is 5.78 Å². The first-order chi connectivity index (χ1) is 28.4. The summed E-state index contributed by atoms with van der Waals surface area (Å²) in [6, 6.07) is 0. The molecule has 4 nitrogen and oxygen atoms in total. The minimum absolute atomic E-state index is 0.291. The first-order valence-corrected chi connectivity index (χ1v) is 26.7. The lowest BCUT2D eigenvalue weighted by Gasteiger charge is -2.16. The van der Waals surface area contributed by atoms with Crippen molar-refractivity contribution in [3.63, 3.8) is 0 Å². The molecule has 1 atom stereocenters. The molecule has 0 aromatic rings. The van der Waals surface area contributed by atoms with Crippen LogP contribution in [0, 0.1) is 11.8 Å². The van der Waals surface area contributed by atoms with Gasteiger partial charge in [-0.2, -0.15) is 0 Å². The molecule has 0 heterocycles. The van der Waals surface area contributed by atoms with E-state index in [2.05, 4.69) is 27.7 Å². The molecule has 0 bridgehead atoms. The fourth-order valence-electron chi connectivity index (χ4n) is 8.70. The Balaban J connectivity index is 3.76. The summed E-state index contributed by atoms with van der Waals surface area (Å²) in [6.07, 6.45) is 55.0. The Morgan fingerprint density at radius 3 is 0.862 bits per heavy atom. The molecule has 0 saturated heterocycles. The van der Waals surface area contributed by atoms with Crippen molar-refractivity contribution in [2.75, 3.05) is 0 Å². The maximum absolute atomic E-state index is 13.2. The molecule has 0 rings (SSSR count). The van der Waals surface area contributed by atoms with Crippen LogP contribution < -0.4 is 0 Å². The summed E-state index contributed by atoms with van der Waals surface area (Å²) in [5.74, 6) is 1.00. The standard InChI is InChI=1S/C54H104O4/c1-5-7-9-11-12-13-14-15-16-17-21-24-30-35-41-47-52(55)51(45-39-10-8-6-2)46-40-34-29-26-27-32-37-43-49-54(57)58-53(56)48-42-36-31-25-22-19-18-20-23-28-33-38-44-50(3)4/h50-51H,5-49H2,1-4H3. The topological polar surface area (TPSA) is 60.4 Å². The van der Waals surface area contributed by atoms with Gasteiger partial charge < -0.3 is 4.74 Å². The highest BCUT2D eigenvalue weighted by Gasteiger charge is 2.17. The number of carbonyl (C=O) groups excluding carboxylic acids is 3. The predicted molar refractivity (Wildman–Crippen MR) is 254 cm³/mol. The van der Waals surface area contributed by atoms with Gasteiger partial charge in [0.2, 0.25) is 0 Å². The molecular weight excluding hydrogens is 713 g/mol. The quantitative estimate of drug-likeness (QED) is 0.0349. The summed E-state index contributed by atoms with van der Waals surface area (Å²) in [4.78, 5) is 37.4. The van der Waals surface area contributed by atoms with E-state index in [0.717, 1.165) is 63.7 Å². The van der Waals surface area contributed by atoms with Crippen LogP contribution in [-0.4, -0.2) is 17.7 Å². The molecule has 1 unspecified atom stereocenters. The van der Waals surface area contributed by atoms with Gasteiger partial charge in [-0.25, -0.2) is 0 Å². The molecule has 344 valence electrons. The van der Waals surface area contributed by atoms with E-state index in [-0.39, 0.29) is 11.9 Å². The Morgan fingerprint density at radius 1 is 0.310 bits per heavy atom. The molecule has 0 fully saturated rings. The lowest BCUT2D eigenvalue weighted by molar-refractivity contribution is -0.159. The monoisotopic (exact) mass is 817 g/mol. The van der Waals surface area contributed by atoms with E-state index >= 15 is 0 Å². The van der Waals surface area contributed by atoms with Crippen molar-refractivity contribution in [2.45, 2.75) is 317 Å². The number of ether oxygens (including phenoxy) is 1. The van der Waals surface area contributed by atoms with Crippen LogP contribution >= 0.6 is 0 Å². The van der Waals surface area contributed by atoms with Gasteiger partial charge in [-0.1, -0.05) is 265 Å². The largest absolute Gasteiger partial charge is 0.393 e. The van der Waals surface area contributed by atoms with E-state index in [9.17, 15) is 14.4 Å². The van der Waals surface area contributed by atoms with Crippen molar-refractivity contribution in [3.8, 4) is 0 Å². The highest BCUT2D eigenvalue weighted by Crippen LogP contribution is 2.23. The van der Waals surface area contributed by atoms with E-state index in [0.29, 0.717) is 24.5 Å². The second-order valence-corrected chi connectivity index (χ2v) is 19.1. The molecular formula is C54H104O4. The second-order valence-electron chi connectivity index (χ2n) is 19.1. The molecule has 0 aliphatic heterocycles. The Kier molecular flexibility index (Phi) is 45.9. The Bertz CT molecular complexity index is 865. The molecule has 0 aromatic carbocycles. The number of hydrogen-bond donors (Lipinski definition) is 0. The number of esters is 2. The average molecular weight is 817 g/mol. The lowest BCUT2D eigenvalue weighted by Crippen LogP contribution is -2.14. The maximum Gasteiger partial charge on any atom is 0.313 e. The third kappa shape index (κ3) is 44.4. The van der Waals surface area contributed by atoms with Crippen molar-refractivity contribution in [1.29, 1.82) is 0 Å².